The number of aryl methyl sites for hydroxylation is 1. The van der Waals surface area contributed by atoms with E-state index in [2.05, 4.69) is 15.3 Å². The molecule has 2 aromatic rings. The quantitative estimate of drug-likeness (QED) is 0.855. The highest BCUT2D eigenvalue weighted by Crippen LogP contribution is 2.21. The van der Waals surface area contributed by atoms with Crippen LogP contribution in [0.1, 0.15) is 6.92 Å². The highest BCUT2D eigenvalue weighted by Gasteiger charge is 2.16. The number of nitrogens with one attached hydrogen (secondary N) is 1. The number of anilines is 1. The zero-order valence-electron chi connectivity index (χ0n) is 10.2. The molecule has 0 radical (unpaired) electrons. The van der Waals surface area contributed by atoms with Crippen molar-refractivity contribution < 1.29 is 4.79 Å². The second kappa shape index (κ2) is 5.68. The number of hydrogen-bond donors (Lipinski definition) is 1. The van der Waals surface area contributed by atoms with Crippen LogP contribution in [0.3, 0.4) is 0 Å². The summed E-state index contributed by atoms with van der Waals surface area (Å²) in [4.78, 5) is 20.0. The molecule has 0 fully saturated rings. The number of carbonyl (C=O) groups is 1. The molecule has 0 aliphatic rings. The summed E-state index contributed by atoms with van der Waals surface area (Å²) in [7, 11) is 1.91. The molecule has 0 bridgehead atoms. The Labute approximate surface area is 110 Å². The lowest BCUT2D eigenvalue weighted by Gasteiger charge is -2.11. The summed E-state index contributed by atoms with van der Waals surface area (Å²) in [5.41, 5.74) is 0.752. The summed E-state index contributed by atoms with van der Waals surface area (Å²) < 4.78 is 1.89. The van der Waals surface area contributed by atoms with E-state index >= 15 is 0 Å². The zero-order valence-corrected chi connectivity index (χ0v) is 11.0. The van der Waals surface area contributed by atoms with Gasteiger partial charge in [-0.2, -0.15) is 0 Å². The first-order chi connectivity index (χ1) is 8.66. The fourth-order valence-electron chi connectivity index (χ4n) is 1.36. The van der Waals surface area contributed by atoms with Gasteiger partial charge in [-0.3, -0.25) is 9.78 Å². The number of nitrogens with zero attached hydrogens (tertiary/aromatic N) is 3. The van der Waals surface area contributed by atoms with Crippen LogP contribution in [-0.2, 0) is 11.8 Å². The Morgan fingerprint density at radius 2 is 2.11 bits per heavy atom. The molecule has 6 heteroatoms. The highest BCUT2D eigenvalue weighted by atomic mass is 32.2. The third-order valence-electron chi connectivity index (χ3n) is 2.38. The van der Waals surface area contributed by atoms with Crippen LogP contribution >= 0.6 is 11.8 Å². The van der Waals surface area contributed by atoms with Gasteiger partial charge in [-0.1, -0.05) is 11.8 Å². The maximum absolute atomic E-state index is 12.0. The molecular weight excluding hydrogens is 248 g/mol. The second-order valence-electron chi connectivity index (χ2n) is 3.81. The van der Waals surface area contributed by atoms with Crippen molar-refractivity contribution in [3.63, 3.8) is 0 Å². The molecule has 0 spiro atoms. The Morgan fingerprint density at radius 3 is 2.72 bits per heavy atom. The molecule has 0 aliphatic carbocycles. The standard InChI is InChI=1S/C12H14N4OS/c1-9(18-12-14-7-8-16(12)2)11(17)15-10-3-5-13-6-4-10/h3-9H,1-2H3,(H,13,15,17). The Kier molecular flexibility index (Phi) is 3.99. The molecule has 1 amide bonds. The molecule has 2 rings (SSSR count). The van der Waals surface area contributed by atoms with E-state index in [1.165, 1.54) is 11.8 Å². The van der Waals surface area contributed by atoms with Gasteiger partial charge in [0, 0.05) is 37.5 Å². The Bertz CT molecular complexity index is 526. The van der Waals surface area contributed by atoms with Crippen molar-refractivity contribution in [2.75, 3.05) is 5.32 Å². The summed E-state index contributed by atoms with van der Waals surface area (Å²) in [6.45, 7) is 1.86. The van der Waals surface area contributed by atoms with Crippen molar-refractivity contribution >= 4 is 23.4 Å². The molecule has 0 saturated carbocycles. The van der Waals surface area contributed by atoms with Crippen LogP contribution in [0, 0.1) is 0 Å². The summed E-state index contributed by atoms with van der Waals surface area (Å²) in [5, 5.41) is 3.45. The minimum atomic E-state index is -0.209. The Morgan fingerprint density at radius 1 is 1.39 bits per heavy atom. The maximum atomic E-state index is 12.0. The summed E-state index contributed by atoms with van der Waals surface area (Å²) >= 11 is 1.43. The van der Waals surface area contributed by atoms with Gasteiger partial charge in [0.15, 0.2) is 5.16 Å². The first kappa shape index (κ1) is 12.6. The van der Waals surface area contributed by atoms with Gasteiger partial charge in [0.05, 0.1) is 5.25 Å². The lowest BCUT2D eigenvalue weighted by Crippen LogP contribution is -2.22. The number of pyridine rings is 1. The van der Waals surface area contributed by atoms with E-state index in [0.29, 0.717) is 0 Å². The van der Waals surface area contributed by atoms with Crippen LogP contribution in [0.5, 0.6) is 0 Å². The fourth-order valence-corrected chi connectivity index (χ4v) is 2.19. The SMILES string of the molecule is CC(Sc1nccn1C)C(=O)Nc1ccncc1. The zero-order chi connectivity index (χ0) is 13.0. The summed E-state index contributed by atoms with van der Waals surface area (Å²) in [6.07, 6.45) is 6.87. The molecular formula is C12H14N4OS. The minimum absolute atomic E-state index is 0.0470. The van der Waals surface area contributed by atoms with Crippen LogP contribution in [0.4, 0.5) is 5.69 Å². The predicted octanol–water partition coefficient (Wildman–Crippen LogP) is 1.93. The molecule has 1 unspecified atom stereocenters. The van der Waals surface area contributed by atoms with Crippen molar-refractivity contribution in [2.45, 2.75) is 17.3 Å². The van der Waals surface area contributed by atoms with E-state index in [-0.39, 0.29) is 11.2 Å². The third-order valence-corrected chi connectivity index (χ3v) is 3.55. The molecule has 5 nitrogen and oxygen atoms in total. The molecule has 2 heterocycles. The van der Waals surface area contributed by atoms with Gasteiger partial charge in [-0.25, -0.2) is 4.98 Å². The molecule has 0 aromatic carbocycles. The van der Waals surface area contributed by atoms with Crippen LogP contribution in [-0.4, -0.2) is 25.7 Å². The summed E-state index contributed by atoms with van der Waals surface area (Å²) in [5.74, 6) is -0.0470. The van der Waals surface area contributed by atoms with E-state index in [9.17, 15) is 4.79 Å². The lowest BCUT2D eigenvalue weighted by molar-refractivity contribution is -0.115. The van der Waals surface area contributed by atoms with Gasteiger partial charge in [0.1, 0.15) is 0 Å². The topological polar surface area (TPSA) is 59.8 Å². The number of thioether (sulfide) groups is 1. The monoisotopic (exact) mass is 262 g/mol. The van der Waals surface area contributed by atoms with Gasteiger partial charge < -0.3 is 9.88 Å². The molecule has 0 saturated heterocycles. The number of aromatic nitrogens is 3. The highest BCUT2D eigenvalue weighted by molar-refractivity contribution is 8.00. The first-order valence-corrected chi connectivity index (χ1v) is 6.39. The second-order valence-corrected chi connectivity index (χ2v) is 5.11. The van der Waals surface area contributed by atoms with Gasteiger partial charge in [-0.15, -0.1) is 0 Å². The average molecular weight is 262 g/mol. The number of hydrogen-bond acceptors (Lipinski definition) is 4. The minimum Gasteiger partial charge on any atom is -0.329 e. The van der Waals surface area contributed by atoms with Gasteiger partial charge in [-0.05, 0) is 19.1 Å². The molecule has 18 heavy (non-hydrogen) atoms. The van der Waals surface area contributed by atoms with Crippen molar-refractivity contribution in [3.8, 4) is 0 Å². The van der Waals surface area contributed by atoms with E-state index in [1.807, 2.05) is 24.7 Å². The van der Waals surface area contributed by atoms with Crippen molar-refractivity contribution in [1.29, 1.82) is 0 Å². The van der Waals surface area contributed by atoms with Gasteiger partial charge in [0.25, 0.3) is 0 Å². The Balaban J connectivity index is 1.95. The fraction of sp³-hybridized carbons (Fsp3) is 0.250. The van der Waals surface area contributed by atoms with Crippen molar-refractivity contribution in [1.82, 2.24) is 14.5 Å². The van der Waals surface area contributed by atoms with Crippen LogP contribution in [0.2, 0.25) is 0 Å². The smallest absolute Gasteiger partial charge is 0.237 e. The van der Waals surface area contributed by atoms with Crippen LogP contribution < -0.4 is 5.32 Å². The Hall–Kier alpha value is -1.82. The van der Waals surface area contributed by atoms with E-state index in [1.54, 1.807) is 30.7 Å². The van der Waals surface area contributed by atoms with E-state index in [4.69, 9.17) is 0 Å². The molecule has 1 N–H and O–H groups in total. The van der Waals surface area contributed by atoms with Crippen molar-refractivity contribution in [2.24, 2.45) is 7.05 Å². The molecule has 0 aliphatic heterocycles. The number of rotatable bonds is 4. The lowest BCUT2D eigenvalue weighted by atomic mass is 10.3. The predicted molar refractivity (Wildman–Crippen MR) is 71.4 cm³/mol. The largest absolute Gasteiger partial charge is 0.329 e. The molecule has 2 aromatic heterocycles. The summed E-state index contributed by atoms with van der Waals surface area (Å²) in [6, 6.07) is 3.52. The molecule has 1 atom stereocenters. The first-order valence-electron chi connectivity index (χ1n) is 5.51. The van der Waals surface area contributed by atoms with Gasteiger partial charge >= 0.3 is 0 Å². The van der Waals surface area contributed by atoms with Crippen LogP contribution in [0.15, 0.2) is 42.1 Å². The van der Waals surface area contributed by atoms with Gasteiger partial charge in [0.2, 0.25) is 5.91 Å². The molecule has 94 valence electrons. The number of amides is 1. The normalized spacial score (nSPS) is 12.1. The maximum Gasteiger partial charge on any atom is 0.237 e. The number of carbonyl (C=O) groups excluding carboxylic acids is 1. The van der Waals surface area contributed by atoms with Crippen molar-refractivity contribution in [3.05, 3.63) is 36.9 Å². The number of imidazole rings is 1. The average Bonchev–Trinajstić information content (AvgIpc) is 2.76. The van der Waals surface area contributed by atoms with E-state index in [0.717, 1.165) is 10.8 Å². The van der Waals surface area contributed by atoms with E-state index < -0.39 is 0 Å². The third kappa shape index (κ3) is 3.10. The van der Waals surface area contributed by atoms with Crippen LogP contribution in [0.25, 0.3) is 0 Å².